The second-order valence-electron chi connectivity index (χ2n) is 7.58. The van der Waals surface area contributed by atoms with Gasteiger partial charge in [0.15, 0.2) is 0 Å². The molecule has 0 atom stereocenters. The number of amides is 1. The molecule has 4 nitrogen and oxygen atoms in total. The Morgan fingerprint density at radius 2 is 1.76 bits per heavy atom. The highest BCUT2D eigenvalue weighted by molar-refractivity contribution is 5.83. The predicted molar refractivity (Wildman–Crippen MR) is 83.0 cm³/mol. The van der Waals surface area contributed by atoms with Gasteiger partial charge in [0.25, 0.3) is 0 Å². The van der Waals surface area contributed by atoms with E-state index in [-0.39, 0.29) is 11.3 Å². The van der Waals surface area contributed by atoms with Gasteiger partial charge in [0.2, 0.25) is 5.91 Å². The predicted octanol–water partition coefficient (Wildman–Crippen LogP) is 2.59. The fourth-order valence-corrected chi connectivity index (χ4v) is 4.17. The van der Waals surface area contributed by atoms with Crippen molar-refractivity contribution in [3.8, 4) is 0 Å². The first-order valence-corrected chi connectivity index (χ1v) is 8.43. The van der Waals surface area contributed by atoms with E-state index in [2.05, 4.69) is 13.8 Å². The fourth-order valence-electron chi connectivity index (χ4n) is 4.17. The Labute approximate surface area is 128 Å². The molecule has 0 radical (unpaired) electrons. The lowest BCUT2D eigenvalue weighted by Crippen LogP contribution is -2.51. The third kappa shape index (κ3) is 3.98. The molecule has 1 aliphatic heterocycles. The van der Waals surface area contributed by atoms with Crippen molar-refractivity contribution >= 4 is 5.91 Å². The van der Waals surface area contributed by atoms with E-state index in [1.165, 1.54) is 0 Å². The van der Waals surface area contributed by atoms with E-state index in [1.54, 1.807) is 4.90 Å². The van der Waals surface area contributed by atoms with Gasteiger partial charge in [-0.2, -0.15) is 0 Å². The van der Waals surface area contributed by atoms with Crippen molar-refractivity contribution in [2.75, 3.05) is 26.8 Å². The van der Waals surface area contributed by atoms with Crippen LogP contribution in [0.25, 0.3) is 0 Å². The molecule has 21 heavy (non-hydrogen) atoms. The number of carbonyl (C=O) groups is 1. The number of hydrogen-bond donors (Lipinski definition) is 1. The Kier molecular flexibility index (Phi) is 5.31. The van der Waals surface area contributed by atoms with Gasteiger partial charge in [-0.3, -0.25) is 4.79 Å². The summed E-state index contributed by atoms with van der Waals surface area (Å²) in [6, 6.07) is 0. The topological polar surface area (TPSA) is 49.8 Å². The molecule has 2 fully saturated rings. The van der Waals surface area contributed by atoms with Crippen molar-refractivity contribution in [2.24, 2.45) is 11.3 Å². The molecule has 1 amide bonds. The summed E-state index contributed by atoms with van der Waals surface area (Å²) in [6.07, 6.45) is 6.56. The first-order chi connectivity index (χ1) is 9.87. The molecular formula is C17H31NO3. The molecule has 0 unspecified atom stereocenters. The minimum Gasteiger partial charge on any atom is -0.388 e. The zero-order valence-electron chi connectivity index (χ0n) is 13.9. The van der Waals surface area contributed by atoms with Crippen molar-refractivity contribution in [3.05, 3.63) is 0 Å². The molecule has 0 aromatic heterocycles. The normalized spacial score (nSPS) is 24.2. The van der Waals surface area contributed by atoms with E-state index in [9.17, 15) is 9.90 Å². The Bertz CT molecular complexity index is 355. The van der Waals surface area contributed by atoms with Crippen molar-refractivity contribution in [2.45, 2.75) is 64.4 Å². The number of likely N-dealkylation sites (N-methyl/N-ethyl adjacent to an activating group) is 1. The van der Waals surface area contributed by atoms with E-state index >= 15 is 0 Å². The van der Waals surface area contributed by atoms with Crippen LogP contribution in [0.15, 0.2) is 0 Å². The lowest BCUT2D eigenvalue weighted by molar-refractivity contribution is -0.148. The number of carbonyl (C=O) groups excluding carboxylic acids is 1. The van der Waals surface area contributed by atoms with Crippen LogP contribution in [0.1, 0.15) is 58.8 Å². The van der Waals surface area contributed by atoms with Gasteiger partial charge in [0, 0.05) is 45.1 Å². The fraction of sp³-hybridized carbons (Fsp3) is 0.941. The van der Waals surface area contributed by atoms with Crippen molar-refractivity contribution < 1.29 is 14.6 Å². The van der Waals surface area contributed by atoms with Gasteiger partial charge in [-0.05, 0) is 25.2 Å². The summed E-state index contributed by atoms with van der Waals surface area (Å²) in [6.45, 7) is 6.01. The maximum Gasteiger partial charge on any atom is 0.228 e. The molecule has 1 saturated carbocycles. The SMILES string of the molecule is CC(C)CC1(C(=O)N(C)CC2(O)CCOCC2)CCCC1. The van der Waals surface area contributed by atoms with Crippen molar-refractivity contribution in [1.82, 2.24) is 4.90 Å². The molecule has 0 bridgehead atoms. The average molecular weight is 297 g/mol. The van der Waals surface area contributed by atoms with Crippen LogP contribution >= 0.6 is 0 Å². The number of ether oxygens (including phenoxy) is 1. The van der Waals surface area contributed by atoms with Gasteiger partial charge in [0.05, 0.1) is 5.60 Å². The number of rotatable bonds is 5. The van der Waals surface area contributed by atoms with Crippen molar-refractivity contribution in [1.29, 1.82) is 0 Å². The summed E-state index contributed by atoms with van der Waals surface area (Å²) in [7, 11) is 1.86. The first-order valence-electron chi connectivity index (χ1n) is 8.43. The second-order valence-corrected chi connectivity index (χ2v) is 7.58. The summed E-state index contributed by atoms with van der Waals surface area (Å²) in [5.74, 6) is 0.778. The molecule has 2 rings (SSSR count). The maximum absolute atomic E-state index is 13.0. The van der Waals surface area contributed by atoms with Gasteiger partial charge >= 0.3 is 0 Å². The van der Waals surface area contributed by atoms with Crippen LogP contribution < -0.4 is 0 Å². The van der Waals surface area contributed by atoms with Crippen LogP contribution in [0.4, 0.5) is 0 Å². The molecule has 4 heteroatoms. The Hall–Kier alpha value is -0.610. The first kappa shape index (κ1) is 16.8. The third-order valence-electron chi connectivity index (χ3n) is 5.12. The second kappa shape index (κ2) is 6.66. The molecule has 1 N–H and O–H groups in total. The highest BCUT2D eigenvalue weighted by Crippen LogP contribution is 2.44. The van der Waals surface area contributed by atoms with E-state index in [0.717, 1.165) is 32.1 Å². The van der Waals surface area contributed by atoms with Crippen LogP contribution in [0, 0.1) is 11.3 Å². The Balaban J connectivity index is 2.02. The van der Waals surface area contributed by atoms with Crippen LogP contribution in [-0.2, 0) is 9.53 Å². The highest BCUT2D eigenvalue weighted by atomic mass is 16.5. The van der Waals surface area contributed by atoms with Gasteiger partial charge in [-0.25, -0.2) is 0 Å². The van der Waals surface area contributed by atoms with E-state index in [4.69, 9.17) is 4.74 Å². The summed E-state index contributed by atoms with van der Waals surface area (Å²) >= 11 is 0. The molecule has 0 aromatic rings. The molecule has 2 aliphatic rings. The van der Waals surface area contributed by atoms with E-state index < -0.39 is 5.60 Å². The van der Waals surface area contributed by atoms with Crippen LogP contribution in [-0.4, -0.2) is 48.3 Å². The molecule has 1 aliphatic carbocycles. The minimum absolute atomic E-state index is 0.176. The monoisotopic (exact) mass is 297 g/mol. The summed E-state index contributed by atoms with van der Waals surface area (Å²) in [5.41, 5.74) is -0.940. The van der Waals surface area contributed by atoms with Gasteiger partial charge in [0.1, 0.15) is 0 Å². The zero-order chi connectivity index (χ0) is 15.5. The number of aliphatic hydroxyl groups is 1. The smallest absolute Gasteiger partial charge is 0.228 e. The number of nitrogens with zero attached hydrogens (tertiary/aromatic N) is 1. The molecule has 0 aromatic carbocycles. The molecular weight excluding hydrogens is 266 g/mol. The standard InChI is InChI=1S/C17H31NO3/c1-14(2)12-16(6-4-5-7-16)15(19)18(3)13-17(20)8-10-21-11-9-17/h14,20H,4-13H2,1-3H3. The lowest BCUT2D eigenvalue weighted by Gasteiger charge is -2.39. The maximum atomic E-state index is 13.0. The van der Waals surface area contributed by atoms with Crippen molar-refractivity contribution in [3.63, 3.8) is 0 Å². The minimum atomic E-state index is -0.764. The van der Waals surface area contributed by atoms with Crippen LogP contribution in [0.5, 0.6) is 0 Å². The molecule has 122 valence electrons. The molecule has 1 heterocycles. The lowest BCUT2D eigenvalue weighted by atomic mass is 9.77. The zero-order valence-corrected chi connectivity index (χ0v) is 13.9. The molecule has 0 spiro atoms. The van der Waals surface area contributed by atoms with Gasteiger partial charge in [-0.1, -0.05) is 26.7 Å². The van der Waals surface area contributed by atoms with Gasteiger partial charge < -0.3 is 14.7 Å². The number of hydrogen-bond acceptors (Lipinski definition) is 3. The molecule has 1 saturated heterocycles. The van der Waals surface area contributed by atoms with Crippen LogP contribution in [0.3, 0.4) is 0 Å². The summed E-state index contributed by atoms with van der Waals surface area (Å²) in [4.78, 5) is 14.8. The summed E-state index contributed by atoms with van der Waals surface area (Å²) in [5, 5.41) is 10.6. The third-order valence-corrected chi connectivity index (χ3v) is 5.12. The van der Waals surface area contributed by atoms with E-state index in [1.807, 2.05) is 7.05 Å². The van der Waals surface area contributed by atoms with E-state index in [0.29, 0.717) is 38.5 Å². The average Bonchev–Trinajstić information content (AvgIpc) is 2.87. The Morgan fingerprint density at radius 1 is 1.19 bits per heavy atom. The quantitative estimate of drug-likeness (QED) is 0.848. The van der Waals surface area contributed by atoms with Crippen LogP contribution in [0.2, 0.25) is 0 Å². The summed E-state index contributed by atoms with van der Waals surface area (Å²) < 4.78 is 5.32. The van der Waals surface area contributed by atoms with Gasteiger partial charge in [-0.15, -0.1) is 0 Å². The largest absolute Gasteiger partial charge is 0.388 e. The Morgan fingerprint density at radius 3 is 2.29 bits per heavy atom. The highest BCUT2D eigenvalue weighted by Gasteiger charge is 2.44.